The summed E-state index contributed by atoms with van der Waals surface area (Å²) in [6.45, 7) is 2.22. The molecule has 0 fully saturated rings. The van der Waals surface area contributed by atoms with Crippen LogP contribution in [0.25, 0.3) is 0 Å². The Balaban J connectivity index is 1.66. The fourth-order valence-electron chi connectivity index (χ4n) is 2.90. The second-order valence-electron chi connectivity index (χ2n) is 5.98. The number of aryl methyl sites for hydroxylation is 1. The lowest BCUT2D eigenvalue weighted by Crippen LogP contribution is -2.16. The molecule has 0 saturated heterocycles. The number of phenols is 1. The van der Waals surface area contributed by atoms with E-state index in [1.165, 1.54) is 29.5 Å². The molecule has 0 bridgehead atoms. The average Bonchev–Trinajstić information content (AvgIpc) is 3.01. The number of amides is 1. The molecular formula is C18H19BrN2O2S. The van der Waals surface area contributed by atoms with Crippen LogP contribution in [0.5, 0.6) is 5.75 Å². The van der Waals surface area contributed by atoms with Crippen molar-refractivity contribution in [2.24, 2.45) is 11.0 Å². The Morgan fingerprint density at radius 1 is 1.50 bits per heavy atom. The summed E-state index contributed by atoms with van der Waals surface area (Å²) in [5.41, 5.74) is 4.40. The largest absolute Gasteiger partial charge is 0.507 e. The van der Waals surface area contributed by atoms with Gasteiger partial charge in [0.1, 0.15) is 5.75 Å². The van der Waals surface area contributed by atoms with Gasteiger partial charge >= 0.3 is 0 Å². The maximum Gasteiger partial charge on any atom is 0.281 e. The second kappa shape index (κ2) is 7.49. The molecule has 1 aliphatic rings. The van der Waals surface area contributed by atoms with Crippen LogP contribution in [-0.2, 0) is 12.8 Å². The van der Waals surface area contributed by atoms with Crippen LogP contribution in [0.1, 0.15) is 45.4 Å². The number of benzene rings is 1. The summed E-state index contributed by atoms with van der Waals surface area (Å²) in [6.07, 6.45) is 5.99. The van der Waals surface area contributed by atoms with Crippen LogP contribution in [-0.4, -0.2) is 17.2 Å². The highest BCUT2D eigenvalue weighted by atomic mass is 79.9. The summed E-state index contributed by atoms with van der Waals surface area (Å²) < 4.78 is 0.837. The number of nitrogens with zero attached hydrogens (tertiary/aromatic N) is 1. The topological polar surface area (TPSA) is 61.7 Å². The molecule has 1 aliphatic carbocycles. The first kappa shape index (κ1) is 17.2. The molecule has 0 spiro atoms. The van der Waals surface area contributed by atoms with Crippen LogP contribution in [0.2, 0.25) is 0 Å². The quantitative estimate of drug-likeness (QED) is 0.579. The highest BCUT2D eigenvalue weighted by Gasteiger charge is 2.21. The molecule has 3 rings (SSSR count). The highest BCUT2D eigenvalue weighted by Crippen LogP contribution is 2.33. The lowest BCUT2D eigenvalue weighted by Gasteiger charge is -2.19. The minimum atomic E-state index is -0.201. The number of fused-ring (bicyclic) bond motifs is 1. The third-order valence-electron chi connectivity index (χ3n) is 4.35. The van der Waals surface area contributed by atoms with Crippen molar-refractivity contribution < 1.29 is 9.90 Å². The lowest BCUT2D eigenvalue weighted by atomic mass is 9.87. The summed E-state index contributed by atoms with van der Waals surface area (Å²) in [4.78, 5) is 14.3. The van der Waals surface area contributed by atoms with Crippen molar-refractivity contribution in [1.82, 2.24) is 5.43 Å². The van der Waals surface area contributed by atoms with Crippen LogP contribution in [0.15, 0.2) is 33.8 Å². The first-order valence-electron chi connectivity index (χ1n) is 8.00. The molecule has 2 aromatic rings. The van der Waals surface area contributed by atoms with Crippen LogP contribution in [0.3, 0.4) is 0 Å². The van der Waals surface area contributed by atoms with Crippen molar-refractivity contribution in [2.45, 2.75) is 32.6 Å². The molecule has 4 nitrogen and oxygen atoms in total. The fraction of sp³-hybridized carbons (Fsp3) is 0.333. The number of hydrazone groups is 1. The monoisotopic (exact) mass is 406 g/mol. The van der Waals surface area contributed by atoms with Crippen molar-refractivity contribution in [3.63, 3.8) is 0 Å². The van der Waals surface area contributed by atoms with Gasteiger partial charge in [0.05, 0.1) is 11.1 Å². The van der Waals surface area contributed by atoms with Gasteiger partial charge in [-0.1, -0.05) is 29.3 Å². The summed E-state index contributed by atoms with van der Waals surface area (Å²) in [5.74, 6) is 0.655. The first-order chi connectivity index (χ1) is 11.6. The van der Waals surface area contributed by atoms with Gasteiger partial charge in [0.15, 0.2) is 0 Å². The molecule has 1 amide bonds. The van der Waals surface area contributed by atoms with Gasteiger partial charge in [-0.2, -0.15) is 5.10 Å². The van der Waals surface area contributed by atoms with E-state index in [0.29, 0.717) is 10.4 Å². The normalized spacial score (nSPS) is 17.0. The highest BCUT2D eigenvalue weighted by molar-refractivity contribution is 9.10. The predicted octanol–water partition coefficient (Wildman–Crippen LogP) is 4.50. The molecule has 2 N–H and O–H groups in total. The van der Waals surface area contributed by atoms with Crippen molar-refractivity contribution in [1.29, 1.82) is 0 Å². The molecule has 1 aromatic heterocycles. The molecule has 0 unspecified atom stereocenters. The lowest BCUT2D eigenvalue weighted by molar-refractivity contribution is 0.0959. The number of carbonyl (C=O) groups is 1. The van der Waals surface area contributed by atoms with Crippen molar-refractivity contribution in [3.8, 4) is 5.75 Å². The Morgan fingerprint density at radius 3 is 3.12 bits per heavy atom. The molecular weight excluding hydrogens is 388 g/mol. The number of rotatable bonds is 4. The van der Waals surface area contributed by atoms with Crippen molar-refractivity contribution in [3.05, 3.63) is 49.6 Å². The molecule has 24 heavy (non-hydrogen) atoms. The smallest absolute Gasteiger partial charge is 0.281 e. The van der Waals surface area contributed by atoms with E-state index in [0.717, 1.165) is 23.2 Å². The Bertz CT molecular complexity index is 785. The van der Waals surface area contributed by atoms with Crippen molar-refractivity contribution in [2.75, 3.05) is 0 Å². The fourth-order valence-corrected chi connectivity index (χ4v) is 4.38. The minimum absolute atomic E-state index is 0.119. The number of nitrogens with one attached hydrogen (secondary N) is 1. The number of halogens is 1. The van der Waals surface area contributed by atoms with E-state index >= 15 is 0 Å². The van der Waals surface area contributed by atoms with Gasteiger partial charge in [-0.3, -0.25) is 4.79 Å². The zero-order valence-electron chi connectivity index (χ0n) is 13.4. The van der Waals surface area contributed by atoms with Crippen LogP contribution in [0, 0.1) is 5.92 Å². The predicted molar refractivity (Wildman–Crippen MR) is 101 cm³/mol. The number of carbonyl (C=O) groups excluding carboxylic acids is 1. The molecule has 1 heterocycles. The first-order valence-corrected chi connectivity index (χ1v) is 9.61. The Kier molecular flexibility index (Phi) is 5.36. The van der Waals surface area contributed by atoms with Gasteiger partial charge in [-0.25, -0.2) is 5.43 Å². The molecule has 0 aliphatic heterocycles. The summed E-state index contributed by atoms with van der Waals surface area (Å²) >= 11 is 4.90. The SMILES string of the molecule is CC[C@@H]1CCc2sc(C(=O)N/N=C/c3cc(Br)ccc3O)cc2C1. The molecule has 126 valence electrons. The van der Waals surface area contributed by atoms with Gasteiger partial charge in [-0.05, 0) is 55.0 Å². The van der Waals surface area contributed by atoms with E-state index in [4.69, 9.17) is 0 Å². The number of phenolic OH excluding ortho intramolecular Hbond substituents is 1. The second-order valence-corrected chi connectivity index (χ2v) is 8.03. The van der Waals surface area contributed by atoms with Gasteiger partial charge in [0, 0.05) is 14.9 Å². The Labute approximate surface area is 153 Å². The summed E-state index contributed by atoms with van der Waals surface area (Å²) in [5, 5.41) is 13.7. The van der Waals surface area contributed by atoms with Gasteiger partial charge in [0.2, 0.25) is 0 Å². The number of aromatic hydroxyl groups is 1. The Morgan fingerprint density at radius 2 is 2.33 bits per heavy atom. The number of hydrogen-bond acceptors (Lipinski definition) is 4. The third-order valence-corrected chi connectivity index (χ3v) is 6.07. The maximum absolute atomic E-state index is 12.3. The zero-order valence-corrected chi connectivity index (χ0v) is 15.8. The number of thiophene rings is 1. The summed E-state index contributed by atoms with van der Waals surface area (Å²) in [7, 11) is 0. The minimum Gasteiger partial charge on any atom is -0.507 e. The average molecular weight is 407 g/mol. The van der Waals surface area contributed by atoms with Crippen LogP contribution >= 0.6 is 27.3 Å². The van der Waals surface area contributed by atoms with E-state index in [1.807, 2.05) is 6.07 Å². The van der Waals surface area contributed by atoms with Gasteiger partial charge in [0.25, 0.3) is 5.91 Å². The standard InChI is InChI=1S/C18H19BrN2O2S/c1-2-11-3-6-16-12(7-11)9-17(24-16)18(23)21-20-10-13-8-14(19)4-5-15(13)22/h4-5,8-11,22H,2-3,6-7H2,1H3,(H,21,23)/b20-10+/t11-/m1/s1. The Hall–Kier alpha value is -1.66. The molecule has 1 atom stereocenters. The molecule has 0 saturated carbocycles. The molecule has 1 aromatic carbocycles. The molecule has 6 heteroatoms. The van der Waals surface area contributed by atoms with Gasteiger partial charge < -0.3 is 5.11 Å². The zero-order chi connectivity index (χ0) is 17.1. The van der Waals surface area contributed by atoms with Crippen LogP contribution < -0.4 is 5.43 Å². The van der Waals surface area contributed by atoms with Crippen LogP contribution in [0.4, 0.5) is 0 Å². The van der Waals surface area contributed by atoms with Gasteiger partial charge in [-0.15, -0.1) is 11.3 Å². The molecule has 0 radical (unpaired) electrons. The van der Waals surface area contributed by atoms with Crippen molar-refractivity contribution >= 4 is 39.4 Å². The number of hydrogen-bond donors (Lipinski definition) is 2. The van der Waals surface area contributed by atoms with E-state index in [9.17, 15) is 9.90 Å². The third kappa shape index (κ3) is 3.87. The van der Waals surface area contributed by atoms with E-state index in [-0.39, 0.29) is 11.7 Å². The summed E-state index contributed by atoms with van der Waals surface area (Å²) in [6, 6.07) is 7.05. The van der Waals surface area contributed by atoms with E-state index in [2.05, 4.69) is 33.4 Å². The van der Waals surface area contributed by atoms with E-state index < -0.39 is 0 Å². The maximum atomic E-state index is 12.3. The van der Waals surface area contributed by atoms with E-state index in [1.54, 1.807) is 29.5 Å².